The maximum Gasteiger partial charge on any atom is 0.242 e. The average Bonchev–Trinajstić information content (AvgIpc) is 3.00. The Labute approximate surface area is 188 Å². The molecular formula is C20H19Cl2N3O4S. The number of methoxy groups -OCH3 is 1. The van der Waals surface area contributed by atoms with Gasteiger partial charge >= 0.3 is 0 Å². The van der Waals surface area contributed by atoms with Crippen molar-refractivity contribution < 1.29 is 19.4 Å². The van der Waals surface area contributed by atoms with E-state index < -0.39 is 5.25 Å². The Morgan fingerprint density at radius 3 is 2.47 bits per heavy atom. The number of nitrogens with zero attached hydrogens (tertiary/aromatic N) is 2. The molecule has 1 fully saturated rings. The van der Waals surface area contributed by atoms with Crippen molar-refractivity contribution in [2.24, 2.45) is 4.99 Å². The SMILES string of the molecule is CCN1C(=O)[C@H](CC(=O)Nc2ccc(OC)cc2)SC1=Nc1cc(Cl)c(O)c(Cl)c1. The van der Waals surface area contributed by atoms with Crippen molar-refractivity contribution in [2.45, 2.75) is 18.6 Å². The second-order valence-electron chi connectivity index (χ2n) is 6.32. The molecule has 0 radical (unpaired) electrons. The van der Waals surface area contributed by atoms with Crippen LogP contribution in [-0.4, -0.2) is 45.9 Å². The first-order chi connectivity index (χ1) is 14.3. The fourth-order valence-corrected chi connectivity index (χ4v) is 4.50. The minimum Gasteiger partial charge on any atom is -0.505 e. The summed E-state index contributed by atoms with van der Waals surface area (Å²) in [5.41, 5.74) is 1.02. The van der Waals surface area contributed by atoms with E-state index in [1.807, 2.05) is 6.92 Å². The minimum absolute atomic E-state index is 0.00212. The summed E-state index contributed by atoms with van der Waals surface area (Å²) in [4.78, 5) is 31.1. The van der Waals surface area contributed by atoms with Crippen molar-refractivity contribution in [3.63, 3.8) is 0 Å². The van der Waals surface area contributed by atoms with Crippen molar-refractivity contribution in [1.82, 2.24) is 4.90 Å². The molecule has 0 spiro atoms. The number of amidine groups is 1. The maximum atomic E-state index is 12.7. The molecule has 3 rings (SSSR count). The summed E-state index contributed by atoms with van der Waals surface area (Å²) in [5, 5.41) is 12.5. The van der Waals surface area contributed by atoms with E-state index in [1.165, 1.54) is 28.8 Å². The lowest BCUT2D eigenvalue weighted by atomic mass is 10.2. The van der Waals surface area contributed by atoms with Gasteiger partial charge in [-0.25, -0.2) is 4.99 Å². The van der Waals surface area contributed by atoms with Gasteiger partial charge in [-0.1, -0.05) is 35.0 Å². The summed E-state index contributed by atoms with van der Waals surface area (Å²) in [6.45, 7) is 2.23. The Kier molecular flexibility index (Phi) is 7.12. The number of aliphatic imine (C=N–C) groups is 1. The van der Waals surface area contributed by atoms with Gasteiger partial charge in [0.1, 0.15) is 11.0 Å². The zero-order chi connectivity index (χ0) is 21.8. The molecule has 2 amide bonds. The molecule has 10 heteroatoms. The van der Waals surface area contributed by atoms with Crippen molar-refractivity contribution >= 4 is 63.3 Å². The molecule has 0 aromatic heterocycles. The van der Waals surface area contributed by atoms with Gasteiger partial charge in [0.2, 0.25) is 11.8 Å². The monoisotopic (exact) mass is 467 g/mol. The van der Waals surface area contributed by atoms with E-state index in [4.69, 9.17) is 27.9 Å². The van der Waals surface area contributed by atoms with Gasteiger partial charge in [-0.2, -0.15) is 0 Å². The Bertz CT molecular complexity index is 975. The number of hydrogen-bond acceptors (Lipinski definition) is 6. The minimum atomic E-state index is -0.593. The topological polar surface area (TPSA) is 91.2 Å². The number of halogens is 2. The number of benzene rings is 2. The summed E-state index contributed by atoms with van der Waals surface area (Å²) >= 11 is 13.1. The highest BCUT2D eigenvalue weighted by atomic mass is 35.5. The van der Waals surface area contributed by atoms with Crippen LogP contribution in [0.1, 0.15) is 13.3 Å². The van der Waals surface area contributed by atoms with Gasteiger partial charge in [0.15, 0.2) is 10.9 Å². The highest BCUT2D eigenvalue weighted by Gasteiger charge is 2.38. The molecule has 2 aromatic rings. The molecule has 0 bridgehead atoms. The summed E-state index contributed by atoms with van der Waals surface area (Å²) in [7, 11) is 1.56. The fourth-order valence-electron chi connectivity index (χ4n) is 2.80. The number of ether oxygens (including phenoxy) is 1. The predicted molar refractivity (Wildman–Crippen MR) is 120 cm³/mol. The molecule has 1 aliphatic rings. The molecule has 1 saturated heterocycles. The highest BCUT2D eigenvalue weighted by molar-refractivity contribution is 8.15. The molecule has 158 valence electrons. The lowest BCUT2D eigenvalue weighted by Gasteiger charge is -2.13. The highest BCUT2D eigenvalue weighted by Crippen LogP contribution is 2.38. The van der Waals surface area contributed by atoms with Gasteiger partial charge in [0.05, 0.1) is 22.8 Å². The first-order valence-electron chi connectivity index (χ1n) is 9.01. The van der Waals surface area contributed by atoms with Gasteiger partial charge in [0, 0.05) is 18.7 Å². The van der Waals surface area contributed by atoms with Crippen molar-refractivity contribution in [1.29, 1.82) is 0 Å². The Balaban J connectivity index is 1.72. The van der Waals surface area contributed by atoms with E-state index in [-0.39, 0.29) is 34.0 Å². The third-order valence-electron chi connectivity index (χ3n) is 4.31. The molecule has 30 heavy (non-hydrogen) atoms. The number of phenolic OH excluding ortho intramolecular Hbond substituents is 1. The van der Waals surface area contributed by atoms with Crippen LogP contribution >= 0.6 is 35.0 Å². The van der Waals surface area contributed by atoms with Gasteiger partial charge in [-0.05, 0) is 43.3 Å². The van der Waals surface area contributed by atoms with Crippen LogP contribution in [-0.2, 0) is 9.59 Å². The smallest absolute Gasteiger partial charge is 0.242 e. The standard InChI is InChI=1S/C20H19Cl2N3O4S/c1-3-25-19(28)16(10-17(26)23-11-4-6-13(29-2)7-5-11)30-20(25)24-12-8-14(21)18(27)15(22)9-12/h4-9,16,27H,3,10H2,1-2H3,(H,23,26)/t16-/m0/s1. The van der Waals surface area contributed by atoms with Gasteiger partial charge in [0.25, 0.3) is 0 Å². The molecule has 0 unspecified atom stereocenters. The van der Waals surface area contributed by atoms with Gasteiger partial charge in [-0.15, -0.1) is 0 Å². The largest absolute Gasteiger partial charge is 0.505 e. The first-order valence-corrected chi connectivity index (χ1v) is 10.6. The number of carbonyl (C=O) groups is 2. The molecular weight excluding hydrogens is 449 g/mol. The fraction of sp³-hybridized carbons (Fsp3) is 0.250. The Morgan fingerprint density at radius 2 is 1.90 bits per heavy atom. The normalized spacial score (nSPS) is 17.5. The van der Waals surface area contributed by atoms with Crippen molar-refractivity contribution in [2.75, 3.05) is 19.0 Å². The quantitative estimate of drug-likeness (QED) is 0.642. The number of nitrogens with one attached hydrogen (secondary N) is 1. The molecule has 7 nitrogen and oxygen atoms in total. The predicted octanol–water partition coefficient (Wildman–Crippen LogP) is 4.69. The lowest BCUT2D eigenvalue weighted by Crippen LogP contribution is -2.33. The van der Waals surface area contributed by atoms with Crippen LogP contribution in [0.3, 0.4) is 0 Å². The molecule has 0 aliphatic carbocycles. The average molecular weight is 468 g/mol. The number of amides is 2. The van der Waals surface area contributed by atoms with Crippen LogP contribution in [0.4, 0.5) is 11.4 Å². The molecule has 1 aliphatic heterocycles. The summed E-state index contributed by atoms with van der Waals surface area (Å²) < 4.78 is 5.09. The van der Waals surface area contributed by atoms with E-state index in [1.54, 1.807) is 31.4 Å². The number of phenols is 1. The van der Waals surface area contributed by atoms with Crippen LogP contribution in [0, 0.1) is 0 Å². The maximum absolute atomic E-state index is 12.7. The van der Waals surface area contributed by atoms with Crippen LogP contribution in [0.15, 0.2) is 41.4 Å². The number of hydrogen-bond donors (Lipinski definition) is 2. The van der Waals surface area contributed by atoms with Crippen LogP contribution in [0.25, 0.3) is 0 Å². The van der Waals surface area contributed by atoms with Crippen molar-refractivity contribution in [3.05, 3.63) is 46.4 Å². The Morgan fingerprint density at radius 1 is 1.27 bits per heavy atom. The Hall–Kier alpha value is -2.42. The molecule has 0 saturated carbocycles. The van der Waals surface area contributed by atoms with E-state index >= 15 is 0 Å². The number of thioether (sulfide) groups is 1. The lowest BCUT2D eigenvalue weighted by molar-refractivity contribution is -0.128. The number of anilines is 1. The van der Waals surface area contributed by atoms with E-state index in [0.29, 0.717) is 28.8 Å². The summed E-state index contributed by atoms with van der Waals surface area (Å²) in [6, 6.07) is 9.84. The van der Waals surface area contributed by atoms with Crippen LogP contribution < -0.4 is 10.1 Å². The second kappa shape index (κ2) is 9.59. The third kappa shape index (κ3) is 5.00. The summed E-state index contributed by atoms with van der Waals surface area (Å²) in [5.74, 6) is -0.0117. The second-order valence-corrected chi connectivity index (χ2v) is 8.31. The zero-order valence-electron chi connectivity index (χ0n) is 16.2. The number of aromatic hydroxyl groups is 1. The van der Waals surface area contributed by atoms with Crippen molar-refractivity contribution in [3.8, 4) is 11.5 Å². The zero-order valence-corrected chi connectivity index (χ0v) is 18.5. The van der Waals surface area contributed by atoms with E-state index in [0.717, 1.165) is 0 Å². The van der Waals surface area contributed by atoms with E-state index in [2.05, 4.69) is 10.3 Å². The number of carbonyl (C=O) groups excluding carboxylic acids is 2. The molecule has 1 heterocycles. The molecule has 2 N–H and O–H groups in total. The number of rotatable bonds is 6. The van der Waals surface area contributed by atoms with Gasteiger partial charge in [-0.3, -0.25) is 14.5 Å². The summed E-state index contributed by atoms with van der Waals surface area (Å²) in [6.07, 6.45) is 0.00212. The third-order valence-corrected chi connectivity index (χ3v) is 6.06. The van der Waals surface area contributed by atoms with Gasteiger partial charge < -0.3 is 15.2 Å². The molecule has 2 aromatic carbocycles. The van der Waals surface area contributed by atoms with Crippen LogP contribution in [0.2, 0.25) is 10.0 Å². The molecule has 1 atom stereocenters. The first kappa shape index (κ1) is 22.3. The van der Waals surface area contributed by atoms with Crippen LogP contribution in [0.5, 0.6) is 11.5 Å². The van der Waals surface area contributed by atoms with E-state index in [9.17, 15) is 14.7 Å².